The van der Waals surface area contributed by atoms with Gasteiger partial charge in [-0.2, -0.15) is 0 Å². The molecule has 0 amide bonds. The van der Waals surface area contributed by atoms with Crippen LogP contribution in [-0.4, -0.2) is 5.11 Å². The summed E-state index contributed by atoms with van der Waals surface area (Å²) < 4.78 is 5.30. The fourth-order valence-corrected chi connectivity index (χ4v) is 1.97. The van der Waals surface area contributed by atoms with Crippen LogP contribution in [0.25, 0.3) is 23.1 Å². The number of phenolic OH excluding ortho intramolecular Hbond substituents is 1. The maximum absolute atomic E-state index is 9.63. The minimum Gasteiger partial charge on any atom is -0.508 e. The van der Waals surface area contributed by atoms with Crippen LogP contribution in [0.15, 0.2) is 59.2 Å². The Morgan fingerprint density at radius 2 is 1.78 bits per heavy atom. The lowest BCUT2D eigenvalue weighted by molar-refractivity contribution is 0.474. The molecule has 0 aliphatic rings. The van der Waals surface area contributed by atoms with Crippen molar-refractivity contribution < 1.29 is 9.52 Å². The highest BCUT2D eigenvalue weighted by molar-refractivity contribution is 5.91. The zero-order valence-corrected chi connectivity index (χ0v) is 9.71. The average Bonchev–Trinajstić information content (AvgIpc) is 2.85. The number of benzene rings is 2. The molecule has 0 saturated heterocycles. The highest BCUT2D eigenvalue weighted by atomic mass is 16.3. The van der Waals surface area contributed by atoms with Crippen LogP contribution in [0.5, 0.6) is 5.75 Å². The Bertz CT molecular complexity index is 693. The minimum atomic E-state index is 0.213. The van der Waals surface area contributed by atoms with E-state index in [1.165, 1.54) is 0 Å². The molecule has 3 rings (SSSR count). The summed E-state index contributed by atoms with van der Waals surface area (Å²) >= 11 is 0. The number of fused-ring (bicyclic) bond motifs is 1. The van der Waals surface area contributed by atoms with Gasteiger partial charge in [0, 0.05) is 11.5 Å². The molecule has 1 heterocycles. The maximum Gasteiger partial charge on any atom is 0.138 e. The average molecular weight is 236 g/mol. The molecule has 0 bridgehead atoms. The molecular formula is C16H12O2. The van der Waals surface area contributed by atoms with E-state index < -0.39 is 0 Å². The van der Waals surface area contributed by atoms with Crippen molar-refractivity contribution in [2.75, 3.05) is 0 Å². The summed E-state index contributed by atoms with van der Waals surface area (Å²) in [7, 11) is 0. The van der Waals surface area contributed by atoms with E-state index in [0.29, 0.717) is 5.58 Å². The molecule has 2 nitrogen and oxygen atoms in total. The Morgan fingerprint density at radius 1 is 0.944 bits per heavy atom. The van der Waals surface area contributed by atoms with Crippen LogP contribution < -0.4 is 0 Å². The van der Waals surface area contributed by atoms with Crippen molar-refractivity contribution >= 4 is 23.1 Å². The molecule has 2 heteroatoms. The number of hydrogen-bond donors (Lipinski definition) is 1. The van der Waals surface area contributed by atoms with Crippen LogP contribution in [0.2, 0.25) is 0 Å². The largest absolute Gasteiger partial charge is 0.508 e. The van der Waals surface area contributed by atoms with E-state index in [1.54, 1.807) is 18.4 Å². The predicted octanol–water partition coefficient (Wildman–Crippen LogP) is 4.31. The molecule has 1 aromatic heterocycles. The van der Waals surface area contributed by atoms with Crippen molar-refractivity contribution in [1.82, 2.24) is 0 Å². The van der Waals surface area contributed by atoms with Gasteiger partial charge in [-0.05, 0) is 23.3 Å². The van der Waals surface area contributed by atoms with E-state index in [4.69, 9.17) is 4.42 Å². The zero-order chi connectivity index (χ0) is 12.4. The van der Waals surface area contributed by atoms with Crippen molar-refractivity contribution in [1.29, 1.82) is 0 Å². The Kier molecular flexibility index (Phi) is 2.61. The Morgan fingerprint density at radius 3 is 2.61 bits per heavy atom. The van der Waals surface area contributed by atoms with E-state index in [1.807, 2.05) is 48.6 Å². The first-order chi connectivity index (χ1) is 8.83. The van der Waals surface area contributed by atoms with Crippen molar-refractivity contribution in [2.24, 2.45) is 0 Å². The highest BCUT2D eigenvalue weighted by Crippen LogP contribution is 2.27. The number of aromatic hydroxyl groups is 1. The molecule has 0 fully saturated rings. The van der Waals surface area contributed by atoms with Gasteiger partial charge < -0.3 is 9.52 Å². The molecule has 1 N–H and O–H groups in total. The minimum absolute atomic E-state index is 0.213. The molecule has 2 aromatic carbocycles. The topological polar surface area (TPSA) is 33.4 Å². The van der Waals surface area contributed by atoms with Crippen LogP contribution in [0.1, 0.15) is 11.1 Å². The van der Waals surface area contributed by atoms with Crippen molar-refractivity contribution in [3.8, 4) is 5.75 Å². The number of furan rings is 1. The van der Waals surface area contributed by atoms with Gasteiger partial charge in [-0.25, -0.2) is 0 Å². The van der Waals surface area contributed by atoms with Crippen LogP contribution in [0.4, 0.5) is 0 Å². The third kappa shape index (κ3) is 2.00. The van der Waals surface area contributed by atoms with Gasteiger partial charge in [0.1, 0.15) is 11.3 Å². The molecule has 0 radical (unpaired) electrons. The van der Waals surface area contributed by atoms with Crippen LogP contribution >= 0.6 is 0 Å². The summed E-state index contributed by atoms with van der Waals surface area (Å²) in [5.74, 6) is 0.213. The van der Waals surface area contributed by atoms with Crippen LogP contribution in [0, 0.1) is 0 Å². The van der Waals surface area contributed by atoms with Gasteiger partial charge in [-0.15, -0.1) is 0 Å². The van der Waals surface area contributed by atoms with E-state index in [0.717, 1.165) is 16.5 Å². The van der Waals surface area contributed by atoms with Crippen molar-refractivity contribution in [2.45, 2.75) is 0 Å². The molecule has 18 heavy (non-hydrogen) atoms. The van der Waals surface area contributed by atoms with Crippen molar-refractivity contribution in [3.05, 3.63) is 65.9 Å². The second-order valence-electron chi connectivity index (χ2n) is 4.11. The lowest BCUT2D eigenvalue weighted by atomic mass is 10.1. The molecule has 3 aromatic rings. The van der Waals surface area contributed by atoms with Gasteiger partial charge in [0.25, 0.3) is 0 Å². The van der Waals surface area contributed by atoms with Gasteiger partial charge in [-0.3, -0.25) is 0 Å². The lowest BCUT2D eigenvalue weighted by Gasteiger charge is -1.98. The molecule has 0 unspecified atom stereocenters. The first-order valence-corrected chi connectivity index (χ1v) is 5.76. The van der Waals surface area contributed by atoms with Crippen LogP contribution in [0.3, 0.4) is 0 Å². The molecule has 0 aliphatic heterocycles. The summed E-state index contributed by atoms with van der Waals surface area (Å²) in [5.41, 5.74) is 2.77. The lowest BCUT2D eigenvalue weighted by Crippen LogP contribution is -1.75. The summed E-state index contributed by atoms with van der Waals surface area (Å²) in [6, 6.07) is 15.3. The zero-order valence-electron chi connectivity index (χ0n) is 9.71. The highest BCUT2D eigenvalue weighted by Gasteiger charge is 2.03. The molecule has 0 aliphatic carbocycles. The summed E-state index contributed by atoms with van der Waals surface area (Å²) in [6.45, 7) is 0. The van der Waals surface area contributed by atoms with Crippen molar-refractivity contribution in [3.63, 3.8) is 0 Å². The van der Waals surface area contributed by atoms with Gasteiger partial charge in [0.05, 0.1) is 6.26 Å². The smallest absolute Gasteiger partial charge is 0.138 e. The standard InChI is InChI=1S/C16H12O2/c17-14-10-13(15-8-9-18-16(15)11-14)7-6-12-4-2-1-3-5-12/h1-11,17H/b7-6+. The first-order valence-electron chi connectivity index (χ1n) is 5.76. The molecular weight excluding hydrogens is 224 g/mol. The third-order valence-electron chi connectivity index (χ3n) is 2.84. The van der Waals surface area contributed by atoms with E-state index in [9.17, 15) is 5.11 Å². The molecule has 0 atom stereocenters. The maximum atomic E-state index is 9.63. The van der Waals surface area contributed by atoms with Gasteiger partial charge >= 0.3 is 0 Å². The number of hydrogen-bond acceptors (Lipinski definition) is 2. The summed E-state index contributed by atoms with van der Waals surface area (Å²) in [5, 5.41) is 10.6. The van der Waals surface area contributed by atoms with E-state index >= 15 is 0 Å². The van der Waals surface area contributed by atoms with Gasteiger partial charge in [0.15, 0.2) is 0 Å². The fraction of sp³-hybridized carbons (Fsp3) is 0. The molecule has 0 saturated carbocycles. The SMILES string of the molecule is Oc1cc(/C=C/c2ccccc2)c2ccoc2c1. The molecule has 0 spiro atoms. The first kappa shape index (κ1) is 10.7. The van der Waals surface area contributed by atoms with E-state index in [2.05, 4.69) is 0 Å². The Labute approximate surface area is 105 Å². The summed E-state index contributed by atoms with van der Waals surface area (Å²) in [4.78, 5) is 0. The van der Waals surface area contributed by atoms with Gasteiger partial charge in [0.2, 0.25) is 0 Å². The predicted molar refractivity (Wildman–Crippen MR) is 73.2 cm³/mol. The third-order valence-corrected chi connectivity index (χ3v) is 2.84. The molecule has 88 valence electrons. The van der Waals surface area contributed by atoms with Crippen LogP contribution in [-0.2, 0) is 0 Å². The Hall–Kier alpha value is -2.48. The normalized spacial score (nSPS) is 11.3. The second-order valence-corrected chi connectivity index (χ2v) is 4.11. The number of phenols is 1. The monoisotopic (exact) mass is 236 g/mol. The summed E-state index contributed by atoms with van der Waals surface area (Å²) in [6.07, 6.45) is 5.62. The second kappa shape index (κ2) is 4.41. The number of rotatable bonds is 2. The quantitative estimate of drug-likeness (QED) is 0.672. The fourth-order valence-electron chi connectivity index (χ4n) is 1.97. The Balaban J connectivity index is 2.04. The van der Waals surface area contributed by atoms with Gasteiger partial charge in [-0.1, -0.05) is 42.5 Å². The van der Waals surface area contributed by atoms with E-state index in [-0.39, 0.29) is 5.75 Å².